The van der Waals surface area contributed by atoms with Crippen molar-refractivity contribution < 1.29 is 24.5 Å². The van der Waals surface area contributed by atoms with Crippen molar-refractivity contribution in [1.29, 1.82) is 0 Å². The minimum atomic E-state index is -0.794. The van der Waals surface area contributed by atoms with Gasteiger partial charge in [-0.25, -0.2) is 0 Å². The molecule has 3 atom stereocenters. The normalized spacial score (nSPS) is 13.6. The summed E-state index contributed by atoms with van der Waals surface area (Å²) in [6, 6.07) is -0.709. The summed E-state index contributed by atoms with van der Waals surface area (Å²) >= 11 is 0. The number of ether oxygens (including phenoxy) is 1. The van der Waals surface area contributed by atoms with Crippen LogP contribution in [0.15, 0.2) is 60.8 Å². The monoisotopic (exact) mass is 938 g/mol. The Kier molecular flexibility index (Phi) is 52.5. The van der Waals surface area contributed by atoms with E-state index in [-0.39, 0.29) is 24.9 Å². The third-order valence-corrected chi connectivity index (χ3v) is 13.1. The number of esters is 1. The lowest BCUT2D eigenvalue weighted by Gasteiger charge is -2.24. The first-order valence-corrected chi connectivity index (χ1v) is 29.0. The van der Waals surface area contributed by atoms with Crippen LogP contribution in [0.1, 0.15) is 290 Å². The number of nitrogens with one attached hydrogen (secondary N) is 1. The summed E-state index contributed by atoms with van der Waals surface area (Å²) in [4.78, 5) is 26.3. The van der Waals surface area contributed by atoms with Crippen LogP contribution in [0.4, 0.5) is 0 Å². The van der Waals surface area contributed by atoms with Crippen LogP contribution in [-0.4, -0.2) is 46.9 Å². The number of hydrogen-bond acceptors (Lipinski definition) is 5. The summed E-state index contributed by atoms with van der Waals surface area (Å²) in [5.41, 5.74) is 0. The fourth-order valence-corrected chi connectivity index (χ4v) is 8.75. The van der Waals surface area contributed by atoms with Gasteiger partial charge < -0.3 is 20.3 Å². The van der Waals surface area contributed by atoms with Crippen LogP contribution < -0.4 is 5.32 Å². The molecule has 0 radical (unpaired) electrons. The fraction of sp³-hybridized carbons (Fsp3) is 0.803. The Morgan fingerprint density at radius 2 is 0.806 bits per heavy atom. The number of carbonyl (C=O) groups is 2. The predicted molar refractivity (Wildman–Crippen MR) is 292 cm³/mol. The molecule has 6 heteroatoms. The standard InChI is InChI=1S/C61H111NO5/c1-4-7-10-13-16-19-22-25-27-29-30-31-33-36-39-42-45-48-51-54-61(66)67-57(52-49-46-43-40-37-35-32-28-26-23-20-17-14-11-8-5-2)55-60(65)62-58(56-63)59(64)53-50-47-44-41-38-34-24-21-18-15-12-9-6-3/h7,10,16,19,25,27,30-31,36,39,57-59,63-64H,4-6,8-9,11-15,17-18,20-24,26,28-29,32-35,37-38,40-56H2,1-3H3,(H,62,65)/b10-7-,19-16-,27-25-,31-30-,39-36-. The van der Waals surface area contributed by atoms with E-state index in [2.05, 4.69) is 86.8 Å². The van der Waals surface area contributed by atoms with Crippen LogP contribution in [0, 0.1) is 0 Å². The van der Waals surface area contributed by atoms with Crippen LogP contribution in [0.5, 0.6) is 0 Å². The number of hydrogen-bond donors (Lipinski definition) is 3. The highest BCUT2D eigenvalue weighted by Gasteiger charge is 2.24. The Labute approximate surface area is 416 Å². The summed E-state index contributed by atoms with van der Waals surface area (Å²) in [6.45, 7) is 6.39. The van der Waals surface area contributed by atoms with Crippen molar-refractivity contribution in [2.45, 2.75) is 309 Å². The molecule has 0 spiro atoms. The summed E-state index contributed by atoms with van der Waals surface area (Å²) in [7, 11) is 0. The van der Waals surface area contributed by atoms with Gasteiger partial charge in [0.25, 0.3) is 0 Å². The zero-order valence-corrected chi connectivity index (χ0v) is 44.5. The highest BCUT2D eigenvalue weighted by atomic mass is 16.5. The van der Waals surface area contributed by atoms with E-state index in [0.717, 1.165) is 89.9 Å². The fourth-order valence-electron chi connectivity index (χ4n) is 8.75. The molecule has 67 heavy (non-hydrogen) atoms. The molecule has 0 aliphatic carbocycles. The molecular formula is C61H111NO5. The van der Waals surface area contributed by atoms with Crippen LogP contribution in [-0.2, 0) is 14.3 Å². The average molecular weight is 939 g/mol. The van der Waals surface area contributed by atoms with E-state index >= 15 is 0 Å². The number of carbonyl (C=O) groups excluding carboxylic acids is 2. The van der Waals surface area contributed by atoms with E-state index in [0.29, 0.717) is 19.3 Å². The summed E-state index contributed by atoms with van der Waals surface area (Å²) in [5, 5.41) is 23.9. The number of aliphatic hydroxyl groups is 2. The molecule has 0 aromatic carbocycles. The molecule has 0 aromatic rings. The molecule has 0 rings (SSSR count). The predicted octanol–water partition coefficient (Wildman–Crippen LogP) is 18.0. The van der Waals surface area contributed by atoms with E-state index in [1.54, 1.807) is 0 Å². The number of amides is 1. The van der Waals surface area contributed by atoms with Crippen LogP contribution in [0.25, 0.3) is 0 Å². The molecule has 0 saturated carbocycles. The van der Waals surface area contributed by atoms with Crippen LogP contribution >= 0.6 is 0 Å². The molecule has 3 unspecified atom stereocenters. The molecule has 3 N–H and O–H groups in total. The number of aliphatic hydroxyl groups excluding tert-OH is 2. The Balaban J connectivity index is 4.61. The van der Waals surface area contributed by atoms with Gasteiger partial charge in [-0.05, 0) is 70.6 Å². The Bertz CT molecular complexity index is 1190. The third kappa shape index (κ3) is 49.8. The Hall–Kier alpha value is -2.44. The average Bonchev–Trinajstić information content (AvgIpc) is 3.32. The maximum absolute atomic E-state index is 13.3. The second kappa shape index (κ2) is 54.5. The van der Waals surface area contributed by atoms with Gasteiger partial charge in [0.2, 0.25) is 5.91 Å². The highest BCUT2D eigenvalue weighted by Crippen LogP contribution is 2.19. The summed E-state index contributed by atoms with van der Waals surface area (Å²) in [5.74, 6) is -0.500. The van der Waals surface area contributed by atoms with Crippen molar-refractivity contribution in [2.75, 3.05) is 6.61 Å². The van der Waals surface area contributed by atoms with E-state index in [4.69, 9.17) is 4.74 Å². The molecule has 0 saturated heterocycles. The van der Waals surface area contributed by atoms with Crippen LogP contribution in [0.2, 0.25) is 0 Å². The quantitative estimate of drug-likeness (QED) is 0.0321. The minimum absolute atomic E-state index is 0.0660. The molecule has 0 fully saturated rings. The van der Waals surface area contributed by atoms with E-state index < -0.39 is 18.2 Å². The zero-order chi connectivity index (χ0) is 48.8. The molecule has 0 bridgehead atoms. The molecule has 1 amide bonds. The lowest BCUT2D eigenvalue weighted by atomic mass is 10.0. The smallest absolute Gasteiger partial charge is 0.306 e. The van der Waals surface area contributed by atoms with Crippen molar-refractivity contribution >= 4 is 11.9 Å². The minimum Gasteiger partial charge on any atom is -0.462 e. The maximum atomic E-state index is 13.3. The molecule has 0 heterocycles. The highest BCUT2D eigenvalue weighted by molar-refractivity contribution is 5.77. The lowest BCUT2D eigenvalue weighted by Crippen LogP contribution is -2.46. The second-order valence-electron chi connectivity index (χ2n) is 19.7. The molecule has 0 aliphatic rings. The van der Waals surface area contributed by atoms with Gasteiger partial charge in [-0.1, -0.05) is 268 Å². The Morgan fingerprint density at radius 1 is 0.448 bits per heavy atom. The van der Waals surface area contributed by atoms with Crippen molar-refractivity contribution in [2.24, 2.45) is 0 Å². The molecule has 0 aromatic heterocycles. The second-order valence-corrected chi connectivity index (χ2v) is 19.7. The number of allylic oxidation sites excluding steroid dienone is 10. The van der Waals surface area contributed by atoms with Crippen molar-refractivity contribution in [3.8, 4) is 0 Å². The first kappa shape index (κ1) is 64.6. The summed E-state index contributed by atoms with van der Waals surface area (Å²) < 4.78 is 5.95. The largest absolute Gasteiger partial charge is 0.462 e. The first-order valence-electron chi connectivity index (χ1n) is 29.0. The van der Waals surface area contributed by atoms with Gasteiger partial charge >= 0.3 is 5.97 Å². The topological polar surface area (TPSA) is 95.9 Å². The molecular weight excluding hydrogens is 827 g/mol. The van der Waals surface area contributed by atoms with Gasteiger partial charge in [-0.15, -0.1) is 0 Å². The van der Waals surface area contributed by atoms with Gasteiger partial charge in [0.15, 0.2) is 0 Å². The molecule has 6 nitrogen and oxygen atoms in total. The van der Waals surface area contributed by atoms with E-state index in [1.165, 1.54) is 154 Å². The van der Waals surface area contributed by atoms with Gasteiger partial charge in [-0.3, -0.25) is 9.59 Å². The summed E-state index contributed by atoms with van der Waals surface area (Å²) in [6.07, 6.45) is 68.5. The maximum Gasteiger partial charge on any atom is 0.306 e. The van der Waals surface area contributed by atoms with Crippen molar-refractivity contribution in [3.63, 3.8) is 0 Å². The molecule has 390 valence electrons. The van der Waals surface area contributed by atoms with Crippen molar-refractivity contribution in [1.82, 2.24) is 5.32 Å². The number of rotatable bonds is 52. The Morgan fingerprint density at radius 3 is 1.21 bits per heavy atom. The van der Waals surface area contributed by atoms with Crippen LogP contribution in [0.3, 0.4) is 0 Å². The lowest BCUT2D eigenvalue weighted by molar-refractivity contribution is -0.151. The van der Waals surface area contributed by atoms with Gasteiger partial charge in [0, 0.05) is 6.42 Å². The van der Waals surface area contributed by atoms with Gasteiger partial charge in [-0.2, -0.15) is 0 Å². The van der Waals surface area contributed by atoms with Gasteiger partial charge in [0.05, 0.1) is 25.2 Å². The van der Waals surface area contributed by atoms with Crippen molar-refractivity contribution in [3.05, 3.63) is 60.8 Å². The first-order chi connectivity index (χ1) is 33.0. The number of unbranched alkanes of at least 4 members (excludes halogenated alkanes) is 30. The van der Waals surface area contributed by atoms with E-state index in [9.17, 15) is 19.8 Å². The zero-order valence-electron chi connectivity index (χ0n) is 44.5. The third-order valence-electron chi connectivity index (χ3n) is 13.1. The SMILES string of the molecule is CC/C=C\C/C=C\C/C=C\C/C=C\C/C=C\CCCCCC(=O)OC(CCCCCCCCCCCCCCCCCC)CC(=O)NC(CO)C(O)CCCCCCCCCCCCCCC. The molecule has 0 aliphatic heterocycles. The van der Waals surface area contributed by atoms with Gasteiger partial charge in [0.1, 0.15) is 6.10 Å². The van der Waals surface area contributed by atoms with E-state index in [1.807, 2.05) is 0 Å².